The number of benzene rings is 6. The van der Waals surface area contributed by atoms with Gasteiger partial charge in [0.1, 0.15) is 36.3 Å². The van der Waals surface area contributed by atoms with E-state index >= 15 is 0 Å². The molecule has 5 atom stereocenters. The van der Waals surface area contributed by atoms with Crippen molar-refractivity contribution in [3.8, 4) is 10.4 Å². The second kappa shape index (κ2) is 20.1. The average Bonchev–Trinajstić information content (AvgIpc) is 3.75. The quantitative estimate of drug-likeness (QED) is 0.0917. The van der Waals surface area contributed by atoms with Gasteiger partial charge in [0.2, 0.25) is 0 Å². The third-order valence-corrected chi connectivity index (χ3v) is 11.9. The molecule has 5 nitrogen and oxygen atoms in total. The summed E-state index contributed by atoms with van der Waals surface area (Å²) in [7, 11) is 0. The van der Waals surface area contributed by atoms with Crippen molar-refractivity contribution in [2.75, 3.05) is 6.61 Å². The zero-order chi connectivity index (χ0) is 40.2. The number of ether oxygens (including phenoxy) is 5. The van der Waals surface area contributed by atoms with Crippen LogP contribution in [0.1, 0.15) is 49.9 Å². The maximum atomic E-state index is 13.7. The fourth-order valence-electron chi connectivity index (χ4n) is 7.55. The SMILES string of the molecule is Cc1ccc([C@@H]2O[C@H](COCc3ccccc3)[C@@H](OCc3ccccc3)[C@H](OCc3ccccc3)[C@H]2OCc2ccccc2)cc1Cc1ccc(-c2ccc(F)cc2)s1. The van der Waals surface area contributed by atoms with E-state index in [-0.39, 0.29) is 5.82 Å². The van der Waals surface area contributed by atoms with E-state index in [0.717, 1.165) is 44.7 Å². The Hall–Kier alpha value is -5.25. The van der Waals surface area contributed by atoms with E-state index in [4.69, 9.17) is 23.7 Å². The standard InChI is InChI=1S/C52H49FO5S/c1-37-22-23-43(30-44(37)31-46-28-29-48(59-46)42-24-26-45(53)27-25-42)49-51(56-34-40-18-10-4-11-19-40)52(57-35-41-20-12-5-13-21-41)50(55-33-39-16-8-3-9-17-39)47(58-49)36-54-32-38-14-6-2-7-15-38/h2-30,47,49-52H,31-36H2,1H3/t47-,49+,50-,51+,52+/m1/s1. The van der Waals surface area contributed by atoms with Crippen LogP contribution in [0.3, 0.4) is 0 Å². The van der Waals surface area contributed by atoms with Gasteiger partial charge in [0.25, 0.3) is 0 Å². The average molecular weight is 805 g/mol. The van der Waals surface area contributed by atoms with Crippen molar-refractivity contribution < 1.29 is 28.1 Å². The van der Waals surface area contributed by atoms with Gasteiger partial charge in [-0.1, -0.05) is 152 Å². The molecule has 0 radical (unpaired) electrons. The Kier molecular flexibility index (Phi) is 13.8. The topological polar surface area (TPSA) is 46.2 Å². The highest BCUT2D eigenvalue weighted by molar-refractivity contribution is 7.15. The van der Waals surface area contributed by atoms with Gasteiger partial charge in [-0.15, -0.1) is 11.3 Å². The molecule has 0 amide bonds. The van der Waals surface area contributed by atoms with Crippen LogP contribution >= 0.6 is 11.3 Å². The van der Waals surface area contributed by atoms with Gasteiger partial charge in [-0.25, -0.2) is 4.39 Å². The molecule has 0 bridgehead atoms. The lowest BCUT2D eigenvalue weighted by Gasteiger charge is -2.46. The molecule has 7 aromatic rings. The van der Waals surface area contributed by atoms with Crippen molar-refractivity contribution in [2.45, 2.75) is 70.3 Å². The Labute approximate surface area is 351 Å². The Bertz CT molecular complexity index is 2320. The largest absolute Gasteiger partial charge is 0.374 e. The van der Waals surface area contributed by atoms with Crippen LogP contribution in [0, 0.1) is 12.7 Å². The summed E-state index contributed by atoms with van der Waals surface area (Å²) >= 11 is 1.73. The van der Waals surface area contributed by atoms with Gasteiger partial charge < -0.3 is 23.7 Å². The minimum atomic E-state index is -0.535. The second-order valence-electron chi connectivity index (χ2n) is 15.0. The van der Waals surface area contributed by atoms with Crippen LogP contribution in [0.2, 0.25) is 0 Å². The van der Waals surface area contributed by atoms with Crippen LogP contribution in [0.25, 0.3) is 10.4 Å². The fraction of sp³-hybridized carbons (Fsp3) is 0.231. The predicted octanol–water partition coefficient (Wildman–Crippen LogP) is 11.9. The van der Waals surface area contributed by atoms with Crippen molar-refractivity contribution in [1.29, 1.82) is 0 Å². The van der Waals surface area contributed by atoms with Crippen molar-refractivity contribution in [1.82, 2.24) is 0 Å². The molecule has 0 N–H and O–H groups in total. The molecule has 8 rings (SSSR count). The molecule has 0 saturated carbocycles. The Balaban J connectivity index is 1.14. The highest BCUT2D eigenvalue weighted by atomic mass is 32.1. The van der Waals surface area contributed by atoms with Gasteiger partial charge >= 0.3 is 0 Å². The van der Waals surface area contributed by atoms with E-state index in [1.54, 1.807) is 11.3 Å². The first-order chi connectivity index (χ1) is 29.1. The second-order valence-corrected chi connectivity index (χ2v) is 16.2. The molecule has 1 saturated heterocycles. The Morgan fingerprint density at radius 1 is 0.542 bits per heavy atom. The monoisotopic (exact) mass is 804 g/mol. The molecule has 0 aliphatic carbocycles. The molecule has 7 heteroatoms. The molecule has 6 aromatic carbocycles. The van der Waals surface area contributed by atoms with Crippen LogP contribution in [0.15, 0.2) is 176 Å². The zero-order valence-electron chi connectivity index (χ0n) is 33.2. The summed E-state index contributed by atoms with van der Waals surface area (Å²) in [6, 6.07) is 58.4. The van der Waals surface area contributed by atoms with E-state index < -0.39 is 30.5 Å². The van der Waals surface area contributed by atoms with Crippen molar-refractivity contribution in [3.63, 3.8) is 0 Å². The molecule has 300 valence electrons. The van der Waals surface area contributed by atoms with E-state index in [1.807, 2.05) is 84.9 Å². The molecule has 1 aliphatic heterocycles. The molecule has 1 aromatic heterocycles. The first-order valence-corrected chi connectivity index (χ1v) is 21.1. The summed E-state index contributed by atoms with van der Waals surface area (Å²) in [5, 5.41) is 0. The maximum absolute atomic E-state index is 13.7. The lowest BCUT2D eigenvalue weighted by Crippen LogP contribution is -2.58. The molecular formula is C52H49FO5S. The molecule has 0 unspecified atom stereocenters. The first-order valence-electron chi connectivity index (χ1n) is 20.2. The number of aryl methyl sites for hydroxylation is 1. The van der Waals surface area contributed by atoms with E-state index in [9.17, 15) is 4.39 Å². The van der Waals surface area contributed by atoms with Gasteiger partial charge in [0.05, 0.1) is 33.0 Å². The summed E-state index contributed by atoms with van der Waals surface area (Å²) < 4.78 is 48.3. The molecule has 1 fully saturated rings. The number of thiophene rings is 1. The number of halogens is 1. The highest BCUT2D eigenvalue weighted by Gasteiger charge is 2.49. The molecular weight excluding hydrogens is 756 g/mol. The normalized spacial score (nSPS) is 19.1. The fourth-order valence-corrected chi connectivity index (χ4v) is 8.58. The van der Waals surface area contributed by atoms with Crippen LogP contribution in [-0.2, 0) is 56.5 Å². The first kappa shape index (κ1) is 40.5. The number of rotatable bonds is 17. The molecule has 59 heavy (non-hydrogen) atoms. The number of hydrogen-bond acceptors (Lipinski definition) is 6. The summed E-state index contributed by atoms with van der Waals surface area (Å²) in [5.74, 6) is -0.235. The van der Waals surface area contributed by atoms with Gasteiger partial charge in [0, 0.05) is 16.2 Å². The molecule has 1 aliphatic rings. The van der Waals surface area contributed by atoms with E-state index in [2.05, 4.69) is 85.8 Å². The summed E-state index contributed by atoms with van der Waals surface area (Å²) in [5.41, 5.74) is 8.65. The van der Waals surface area contributed by atoms with Gasteiger partial charge in [0.15, 0.2) is 0 Å². The zero-order valence-corrected chi connectivity index (χ0v) is 34.0. The van der Waals surface area contributed by atoms with Crippen molar-refractivity contribution in [3.05, 3.63) is 226 Å². The Morgan fingerprint density at radius 2 is 1.07 bits per heavy atom. The van der Waals surface area contributed by atoms with Gasteiger partial charge in [-0.3, -0.25) is 0 Å². The summed E-state index contributed by atoms with van der Waals surface area (Å²) in [6.07, 6.45) is -1.82. The van der Waals surface area contributed by atoms with Crippen molar-refractivity contribution >= 4 is 11.3 Å². The van der Waals surface area contributed by atoms with Crippen molar-refractivity contribution in [2.24, 2.45) is 0 Å². The minimum Gasteiger partial charge on any atom is -0.374 e. The predicted molar refractivity (Wildman–Crippen MR) is 232 cm³/mol. The van der Waals surface area contributed by atoms with Crippen LogP contribution in [0.5, 0.6) is 0 Å². The third kappa shape index (κ3) is 10.9. The summed E-state index contributed by atoms with van der Waals surface area (Å²) in [4.78, 5) is 2.33. The smallest absolute Gasteiger partial charge is 0.123 e. The van der Waals surface area contributed by atoms with Crippen LogP contribution in [-0.4, -0.2) is 31.0 Å². The number of hydrogen-bond donors (Lipinski definition) is 0. The molecule has 2 heterocycles. The van der Waals surface area contributed by atoms with Gasteiger partial charge in [-0.2, -0.15) is 0 Å². The Morgan fingerprint density at radius 3 is 1.64 bits per heavy atom. The lowest BCUT2D eigenvalue weighted by atomic mass is 9.88. The van der Waals surface area contributed by atoms with Gasteiger partial charge in [-0.05, 0) is 75.7 Å². The highest BCUT2D eigenvalue weighted by Crippen LogP contribution is 2.40. The maximum Gasteiger partial charge on any atom is 0.123 e. The van der Waals surface area contributed by atoms with E-state index in [0.29, 0.717) is 33.0 Å². The third-order valence-electron chi connectivity index (χ3n) is 10.7. The summed E-state index contributed by atoms with van der Waals surface area (Å²) in [6.45, 7) is 4.01. The lowest BCUT2D eigenvalue weighted by molar-refractivity contribution is -0.275. The van der Waals surface area contributed by atoms with E-state index in [1.165, 1.54) is 28.1 Å². The molecule has 0 spiro atoms. The minimum absolute atomic E-state index is 0.235. The van der Waals surface area contributed by atoms with Crippen LogP contribution < -0.4 is 0 Å². The van der Waals surface area contributed by atoms with Crippen LogP contribution in [0.4, 0.5) is 4.39 Å².